The van der Waals surface area contributed by atoms with Crippen LogP contribution in [0.5, 0.6) is 0 Å². The van der Waals surface area contributed by atoms with Crippen molar-refractivity contribution >= 4 is 27.4 Å². The topological polar surface area (TPSA) is 89.3 Å². The first-order valence-electron chi connectivity index (χ1n) is 7.04. The van der Waals surface area contributed by atoms with Gasteiger partial charge >= 0.3 is 5.97 Å². The maximum atomic E-state index is 11.9. The molecule has 0 bridgehead atoms. The Bertz CT molecular complexity index is 885. The first-order chi connectivity index (χ1) is 10.8. The number of aromatic nitrogens is 2. The predicted octanol–water partition coefficient (Wildman–Crippen LogP) is 2.56. The average molecular weight is 355 g/mol. The number of hydrogen-bond acceptors (Lipinski definition) is 4. The Balaban J connectivity index is 1.99. The minimum absolute atomic E-state index is 0.0938. The number of carboxylic acid groups (broad SMARTS) is 1. The Kier molecular flexibility index (Phi) is 3.93. The van der Waals surface area contributed by atoms with Crippen LogP contribution in [0.15, 0.2) is 29.4 Å². The molecule has 1 aromatic heterocycles. The van der Waals surface area contributed by atoms with E-state index < -0.39 is 15.8 Å². The Morgan fingerprint density at radius 2 is 2.13 bits per heavy atom. The van der Waals surface area contributed by atoms with Gasteiger partial charge in [0.1, 0.15) is 0 Å². The second kappa shape index (κ2) is 5.65. The molecule has 8 heteroatoms. The molecule has 3 rings (SSSR count). The van der Waals surface area contributed by atoms with Crippen LogP contribution >= 0.6 is 11.6 Å². The Labute approximate surface area is 138 Å². The van der Waals surface area contributed by atoms with E-state index in [9.17, 15) is 13.2 Å². The molecule has 1 aliphatic carbocycles. The van der Waals surface area contributed by atoms with Crippen molar-refractivity contribution in [2.75, 3.05) is 6.26 Å². The predicted molar refractivity (Wildman–Crippen MR) is 84.8 cm³/mol. The summed E-state index contributed by atoms with van der Waals surface area (Å²) in [5, 5.41) is 13.3. The molecule has 0 aliphatic heterocycles. The molecule has 1 heterocycles. The summed E-state index contributed by atoms with van der Waals surface area (Å²) in [5.74, 6) is -0.795. The monoisotopic (exact) mass is 354 g/mol. The third-order valence-electron chi connectivity index (χ3n) is 3.81. The zero-order valence-corrected chi connectivity index (χ0v) is 13.9. The second-order valence-corrected chi connectivity index (χ2v) is 8.15. The van der Waals surface area contributed by atoms with E-state index >= 15 is 0 Å². The summed E-state index contributed by atoms with van der Waals surface area (Å²) in [7, 11) is -3.34. The third kappa shape index (κ3) is 3.40. The molecule has 0 saturated heterocycles. The molecule has 2 aromatic rings. The van der Waals surface area contributed by atoms with Crippen LogP contribution in [-0.2, 0) is 16.4 Å². The van der Waals surface area contributed by atoms with Crippen molar-refractivity contribution < 1.29 is 18.3 Å². The Hall–Kier alpha value is -1.86. The highest BCUT2D eigenvalue weighted by atomic mass is 35.5. The van der Waals surface area contributed by atoms with Crippen LogP contribution in [0.4, 0.5) is 0 Å². The van der Waals surface area contributed by atoms with E-state index in [0.717, 1.165) is 24.0 Å². The standard InChI is InChI=1S/C15H15ClN2O4S/c1-23(21,22)14-5-13(16)10(4-12(14)9-2-3-9)7-18-8-11(6-17-18)15(19)20/h4-6,8-9H,2-3,7H2,1H3,(H,19,20). The molecule has 0 spiro atoms. The van der Waals surface area contributed by atoms with Crippen LogP contribution in [0, 0.1) is 0 Å². The molecular formula is C15H15ClN2O4S. The zero-order chi connectivity index (χ0) is 16.8. The van der Waals surface area contributed by atoms with Crippen molar-refractivity contribution in [3.05, 3.63) is 46.2 Å². The fourth-order valence-corrected chi connectivity index (χ4v) is 3.78. The maximum absolute atomic E-state index is 11.9. The van der Waals surface area contributed by atoms with Gasteiger partial charge in [-0.05, 0) is 36.0 Å². The van der Waals surface area contributed by atoms with Crippen molar-refractivity contribution in [2.45, 2.75) is 30.2 Å². The Morgan fingerprint density at radius 3 is 2.65 bits per heavy atom. The summed E-state index contributed by atoms with van der Waals surface area (Å²) in [5.41, 5.74) is 1.61. The summed E-state index contributed by atoms with van der Waals surface area (Å²) in [4.78, 5) is 11.2. The van der Waals surface area contributed by atoms with E-state index in [1.807, 2.05) is 0 Å². The van der Waals surface area contributed by atoms with Gasteiger partial charge in [-0.1, -0.05) is 17.7 Å². The van der Waals surface area contributed by atoms with Crippen LogP contribution in [0.3, 0.4) is 0 Å². The van der Waals surface area contributed by atoms with Crippen LogP contribution < -0.4 is 0 Å². The van der Waals surface area contributed by atoms with Crippen molar-refractivity contribution in [2.24, 2.45) is 0 Å². The van der Waals surface area contributed by atoms with Crippen LogP contribution in [0.25, 0.3) is 0 Å². The normalized spacial score (nSPS) is 14.9. The highest BCUT2D eigenvalue weighted by Gasteiger charge is 2.30. The molecule has 122 valence electrons. The van der Waals surface area contributed by atoms with Gasteiger partial charge in [-0.25, -0.2) is 13.2 Å². The first kappa shape index (κ1) is 16.0. The van der Waals surface area contributed by atoms with E-state index in [1.54, 1.807) is 6.07 Å². The highest BCUT2D eigenvalue weighted by Crippen LogP contribution is 2.44. The van der Waals surface area contributed by atoms with E-state index in [4.69, 9.17) is 16.7 Å². The number of hydrogen-bond donors (Lipinski definition) is 1. The number of nitrogens with zero attached hydrogens (tertiary/aromatic N) is 2. The van der Waals surface area contributed by atoms with Gasteiger partial charge in [0.2, 0.25) is 0 Å². The molecule has 1 fully saturated rings. The van der Waals surface area contributed by atoms with Gasteiger partial charge in [-0.15, -0.1) is 0 Å². The number of carbonyl (C=O) groups is 1. The van der Waals surface area contributed by atoms with Gasteiger partial charge in [0, 0.05) is 17.5 Å². The van der Waals surface area contributed by atoms with Crippen molar-refractivity contribution in [1.29, 1.82) is 0 Å². The molecule has 23 heavy (non-hydrogen) atoms. The number of aromatic carboxylic acids is 1. The lowest BCUT2D eigenvalue weighted by atomic mass is 10.1. The number of carboxylic acids is 1. The van der Waals surface area contributed by atoms with Crippen LogP contribution in [0.2, 0.25) is 5.02 Å². The van der Waals surface area contributed by atoms with E-state index in [0.29, 0.717) is 5.02 Å². The third-order valence-corrected chi connectivity index (χ3v) is 5.31. The van der Waals surface area contributed by atoms with E-state index in [-0.39, 0.29) is 22.9 Å². The molecule has 1 aliphatic rings. The van der Waals surface area contributed by atoms with Gasteiger partial charge in [0.15, 0.2) is 9.84 Å². The van der Waals surface area contributed by atoms with Crippen molar-refractivity contribution in [3.63, 3.8) is 0 Å². The summed E-state index contributed by atoms with van der Waals surface area (Å²) >= 11 is 6.23. The number of rotatable bonds is 5. The van der Waals surface area contributed by atoms with Gasteiger partial charge in [0.25, 0.3) is 0 Å². The fourth-order valence-electron chi connectivity index (χ4n) is 2.51. The van der Waals surface area contributed by atoms with Gasteiger partial charge < -0.3 is 5.11 Å². The minimum Gasteiger partial charge on any atom is -0.478 e. The number of sulfone groups is 1. The second-order valence-electron chi connectivity index (χ2n) is 5.76. The van der Waals surface area contributed by atoms with Crippen LogP contribution in [0.1, 0.15) is 40.2 Å². The van der Waals surface area contributed by atoms with E-state index in [2.05, 4.69) is 5.10 Å². The molecular weight excluding hydrogens is 340 g/mol. The van der Waals surface area contributed by atoms with E-state index in [1.165, 1.54) is 29.4 Å². The molecule has 6 nitrogen and oxygen atoms in total. The minimum atomic E-state index is -3.34. The lowest BCUT2D eigenvalue weighted by molar-refractivity contribution is 0.0696. The van der Waals surface area contributed by atoms with Crippen molar-refractivity contribution in [1.82, 2.24) is 9.78 Å². The molecule has 0 atom stereocenters. The lowest BCUT2D eigenvalue weighted by Gasteiger charge is -2.12. The first-order valence-corrected chi connectivity index (χ1v) is 9.31. The number of halogens is 1. The lowest BCUT2D eigenvalue weighted by Crippen LogP contribution is -2.06. The van der Waals surface area contributed by atoms with Crippen molar-refractivity contribution in [3.8, 4) is 0 Å². The summed E-state index contributed by atoms with van der Waals surface area (Å²) in [6, 6.07) is 3.29. The number of benzene rings is 1. The largest absolute Gasteiger partial charge is 0.478 e. The molecule has 1 aromatic carbocycles. The molecule has 0 unspecified atom stereocenters. The van der Waals surface area contributed by atoms with Gasteiger partial charge in [0.05, 0.1) is 23.2 Å². The summed E-state index contributed by atoms with van der Waals surface area (Å²) < 4.78 is 25.4. The summed E-state index contributed by atoms with van der Waals surface area (Å²) in [6.07, 6.45) is 5.79. The SMILES string of the molecule is CS(=O)(=O)c1cc(Cl)c(Cn2cc(C(=O)O)cn2)cc1C1CC1. The zero-order valence-electron chi connectivity index (χ0n) is 12.4. The quantitative estimate of drug-likeness (QED) is 0.891. The van der Waals surface area contributed by atoms with Crippen LogP contribution in [-0.4, -0.2) is 35.5 Å². The molecule has 1 N–H and O–H groups in total. The molecule has 1 saturated carbocycles. The highest BCUT2D eigenvalue weighted by molar-refractivity contribution is 7.90. The average Bonchev–Trinajstić information content (AvgIpc) is 3.18. The molecule has 0 radical (unpaired) electrons. The summed E-state index contributed by atoms with van der Waals surface area (Å²) in [6.45, 7) is 0.288. The Morgan fingerprint density at radius 1 is 1.43 bits per heavy atom. The van der Waals surface area contributed by atoms with Gasteiger partial charge in [-0.3, -0.25) is 4.68 Å². The van der Waals surface area contributed by atoms with Gasteiger partial charge in [-0.2, -0.15) is 5.10 Å². The smallest absolute Gasteiger partial charge is 0.338 e. The fraction of sp³-hybridized carbons (Fsp3) is 0.333. The molecule has 0 amide bonds. The maximum Gasteiger partial charge on any atom is 0.338 e.